The Morgan fingerprint density at radius 2 is 1.95 bits per heavy atom. The zero-order chi connectivity index (χ0) is 15.1. The second-order valence-corrected chi connectivity index (χ2v) is 6.25. The highest BCUT2D eigenvalue weighted by Crippen LogP contribution is 2.28. The largest absolute Gasteiger partial charge is 0.396 e. The maximum absolute atomic E-state index is 13.1. The molecule has 1 aromatic rings. The molecule has 118 valence electrons. The van der Waals surface area contributed by atoms with Gasteiger partial charge in [-0.05, 0) is 42.9 Å². The molecule has 1 aromatic carbocycles. The van der Waals surface area contributed by atoms with Gasteiger partial charge in [0.25, 0.3) is 0 Å². The minimum absolute atomic E-state index is 0.182. The van der Waals surface area contributed by atoms with Crippen molar-refractivity contribution in [1.29, 1.82) is 0 Å². The van der Waals surface area contributed by atoms with Crippen molar-refractivity contribution in [3.8, 4) is 0 Å². The lowest BCUT2D eigenvalue weighted by molar-refractivity contribution is 0.144. The zero-order valence-electron chi connectivity index (χ0n) is 13.0. The van der Waals surface area contributed by atoms with Gasteiger partial charge in [-0.3, -0.25) is 0 Å². The molecule has 0 radical (unpaired) electrons. The minimum Gasteiger partial charge on any atom is -0.396 e. The van der Waals surface area contributed by atoms with Gasteiger partial charge in [0.15, 0.2) is 0 Å². The molecule has 1 saturated carbocycles. The van der Waals surface area contributed by atoms with E-state index in [2.05, 4.69) is 12.2 Å². The molecular formula is C18H28FNO. The third kappa shape index (κ3) is 4.79. The second-order valence-electron chi connectivity index (χ2n) is 6.25. The number of hydrogen-bond acceptors (Lipinski definition) is 2. The van der Waals surface area contributed by atoms with Crippen molar-refractivity contribution < 1.29 is 9.50 Å². The molecule has 1 aliphatic rings. The highest BCUT2D eigenvalue weighted by Gasteiger charge is 2.26. The number of unbranched alkanes of at least 4 members (excludes halogenated alkanes) is 1. The van der Waals surface area contributed by atoms with Crippen LogP contribution in [0.25, 0.3) is 0 Å². The van der Waals surface area contributed by atoms with Crippen molar-refractivity contribution in [3.63, 3.8) is 0 Å². The predicted octanol–water partition coefficient (Wildman–Crippen LogP) is 4.20. The number of benzene rings is 1. The molecule has 3 unspecified atom stereocenters. The lowest BCUT2D eigenvalue weighted by Gasteiger charge is -2.34. The number of nitrogens with one attached hydrogen (secondary N) is 1. The Labute approximate surface area is 127 Å². The van der Waals surface area contributed by atoms with E-state index in [0.29, 0.717) is 12.0 Å². The maximum atomic E-state index is 13.1. The van der Waals surface area contributed by atoms with E-state index in [1.807, 2.05) is 12.1 Å². The summed E-state index contributed by atoms with van der Waals surface area (Å²) in [5.74, 6) is 0.183. The molecule has 0 aromatic heterocycles. The molecule has 1 fully saturated rings. The number of aliphatic hydroxyl groups excluding tert-OH is 1. The Kier molecular flexibility index (Phi) is 6.65. The first kappa shape index (κ1) is 16.4. The van der Waals surface area contributed by atoms with Crippen molar-refractivity contribution in [2.75, 3.05) is 6.61 Å². The van der Waals surface area contributed by atoms with Crippen LogP contribution < -0.4 is 5.32 Å². The lowest BCUT2D eigenvalue weighted by Crippen LogP contribution is -2.42. The van der Waals surface area contributed by atoms with Gasteiger partial charge in [-0.2, -0.15) is 0 Å². The second kappa shape index (κ2) is 8.50. The number of halogens is 1. The molecule has 3 atom stereocenters. The van der Waals surface area contributed by atoms with E-state index in [9.17, 15) is 9.50 Å². The van der Waals surface area contributed by atoms with Crippen molar-refractivity contribution >= 4 is 0 Å². The van der Waals surface area contributed by atoms with Gasteiger partial charge in [0, 0.05) is 18.7 Å². The molecule has 0 spiro atoms. The summed E-state index contributed by atoms with van der Waals surface area (Å²) in [4.78, 5) is 0. The molecular weight excluding hydrogens is 265 g/mol. The van der Waals surface area contributed by atoms with Gasteiger partial charge in [-0.25, -0.2) is 4.39 Å². The van der Waals surface area contributed by atoms with Crippen LogP contribution >= 0.6 is 0 Å². The molecule has 2 nitrogen and oxygen atoms in total. The minimum atomic E-state index is -0.182. The lowest BCUT2D eigenvalue weighted by atomic mass is 9.84. The average Bonchev–Trinajstić information content (AvgIpc) is 2.52. The Bertz CT molecular complexity index is 406. The summed E-state index contributed by atoms with van der Waals surface area (Å²) in [5, 5.41) is 13.3. The SMILES string of the molecule is CCCCC(NC1CCCCC1CO)c1ccc(F)cc1. The summed E-state index contributed by atoms with van der Waals surface area (Å²) in [7, 11) is 0. The molecule has 3 heteroatoms. The summed E-state index contributed by atoms with van der Waals surface area (Å²) in [6.45, 7) is 2.46. The van der Waals surface area contributed by atoms with E-state index in [0.717, 1.165) is 37.7 Å². The topological polar surface area (TPSA) is 32.3 Å². The van der Waals surface area contributed by atoms with Crippen LogP contribution in [0.15, 0.2) is 24.3 Å². The van der Waals surface area contributed by atoms with Crippen molar-refractivity contribution in [2.24, 2.45) is 5.92 Å². The molecule has 2 rings (SSSR count). The van der Waals surface area contributed by atoms with E-state index in [1.165, 1.54) is 12.8 Å². The summed E-state index contributed by atoms with van der Waals surface area (Å²) in [5.41, 5.74) is 1.16. The van der Waals surface area contributed by atoms with E-state index >= 15 is 0 Å². The molecule has 0 bridgehead atoms. The number of rotatable bonds is 7. The molecule has 1 aliphatic carbocycles. The Balaban J connectivity index is 2.06. The smallest absolute Gasteiger partial charge is 0.123 e. The average molecular weight is 293 g/mol. The fourth-order valence-electron chi connectivity index (χ4n) is 3.35. The van der Waals surface area contributed by atoms with E-state index in [-0.39, 0.29) is 18.5 Å². The van der Waals surface area contributed by atoms with Crippen molar-refractivity contribution in [1.82, 2.24) is 5.32 Å². The summed E-state index contributed by atoms with van der Waals surface area (Å²) < 4.78 is 13.1. The van der Waals surface area contributed by atoms with E-state index in [4.69, 9.17) is 0 Å². The van der Waals surface area contributed by atoms with E-state index < -0.39 is 0 Å². The summed E-state index contributed by atoms with van der Waals surface area (Å²) >= 11 is 0. The highest BCUT2D eigenvalue weighted by molar-refractivity contribution is 5.20. The summed E-state index contributed by atoms with van der Waals surface area (Å²) in [6, 6.07) is 7.51. The first-order valence-corrected chi connectivity index (χ1v) is 8.37. The van der Waals surface area contributed by atoms with Crippen LogP contribution in [0.2, 0.25) is 0 Å². The first-order valence-electron chi connectivity index (χ1n) is 8.37. The first-order chi connectivity index (χ1) is 10.2. The fourth-order valence-corrected chi connectivity index (χ4v) is 3.35. The third-order valence-electron chi connectivity index (χ3n) is 4.68. The Morgan fingerprint density at radius 3 is 2.62 bits per heavy atom. The van der Waals surface area contributed by atoms with Crippen LogP contribution in [-0.2, 0) is 0 Å². The van der Waals surface area contributed by atoms with Gasteiger partial charge < -0.3 is 10.4 Å². The van der Waals surface area contributed by atoms with Crippen LogP contribution in [0.4, 0.5) is 4.39 Å². The van der Waals surface area contributed by atoms with Gasteiger partial charge >= 0.3 is 0 Å². The maximum Gasteiger partial charge on any atom is 0.123 e. The van der Waals surface area contributed by atoms with Gasteiger partial charge in [-0.15, -0.1) is 0 Å². The van der Waals surface area contributed by atoms with Gasteiger partial charge in [0.05, 0.1) is 0 Å². The molecule has 21 heavy (non-hydrogen) atoms. The molecule has 2 N–H and O–H groups in total. The van der Waals surface area contributed by atoms with Crippen LogP contribution in [0.1, 0.15) is 63.5 Å². The normalized spacial score (nSPS) is 24.0. The molecule has 0 heterocycles. The third-order valence-corrected chi connectivity index (χ3v) is 4.68. The van der Waals surface area contributed by atoms with Gasteiger partial charge in [0.1, 0.15) is 5.82 Å². The molecule has 0 aliphatic heterocycles. The van der Waals surface area contributed by atoms with Crippen LogP contribution in [0.5, 0.6) is 0 Å². The fraction of sp³-hybridized carbons (Fsp3) is 0.667. The molecule has 0 amide bonds. The summed E-state index contributed by atoms with van der Waals surface area (Å²) in [6.07, 6.45) is 8.08. The van der Waals surface area contributed by atoms with Crippen LogP contribution in [0.3, 0.4) is 0 Å². The monoisotopic (exact) mass is 293 g/mol. The van der Waals surface area contributed by atoms with Crippen molar-refractivity contribution in [3.05, 3.63) is 35.6 Å². The zero-order valence-corrected chi connectivity index (χ0v) is 13.0. The van der Waals surface area contributed by atoms with Crippen LogP contribution in [-0.4, -0.2) is 17.8 Å². The number of hydrogen-bond donors (Lipinski definition) is 2. The number of aliphatic hydroxyl groups is 1. The quantitative estimate of drug-likeness (QED) is 0.790. The molecule has 0 saturated heterocycles. The van der Waals surface area contributed by atoms with Gasteiger partial charge in [0.2, 0.25) is 0 Å². The standard InChI is InChI=1S/C18H28FNO/c1-2-3-7-17(14-9-11-16(19)12-10-14)20-18-8-5-4-6-15(18)13-21/h9-12,15,17-18,20-21H,2-8,13H2,1H3. The van der Waals surface area contributed by atoms with Gasteiger partial charge in [-0.1, -0.05) is 44.7 Å². The Hall–Kier alpha value is -0.930. The van der Waals surface area contributed by atoms with Crippen LogP contribution in [0, 0.1) is 11.7 Å². The Morgan fingerprint density at radius 1 is 1.24 bits per heavy atom. The predicted molar refractivity (Wildman–Crippen MR) is 84.6 cm³/mol. The highest BCUT2D eigenvalue weighted by atomic mass is 19.1. The van der Waals surface area contributed by atoms with Crippen molar-refractivity contribution in [2.45, 2.75) is 64.0 Å². The van der Waals surface area contributed by atoms with E-state index in [1.54, 1.807) is 12.1 Å².